The Morgan fingerprint density at radius 3 is 2.39 bits per heavy atom. The number of carbonyl (C=O) groups is 1. The van der Waals surface area contributed by atoms with Gasteiger partial charge in [0.2, 0.25) is 0 Å². The minimum Gasteiger partial charge on any atom is -0.445 e. The van der Waals surface area contributed by atoms with Gasteiger partial charge in [-0.1, -0.05) is 60.2 Å². The number of hydrogen-bond donors (Lipinski definition) is 1. The van der Waals surface area contributed by atoms with Crippen LogP contribution < -0.4 is 0 Å². The average molecular weight is 313 g/mol. The number of hydrogen-bond acceptors (Lipinski definition) is 3. The molecular weight excluding hydrogens is 290 g/mol. The molecule has 122 valence electrons. The third kappa shape index (κ3) is 5.11. The summed E-state index contributed by atoms with van der Waals surface area (Å²) in [6, 6.07) is 17.2. The molecule has 0 fully saturated rings. The minimum atomic E-state index is -0.722. The Hall–Kier alpha value is -2.33. The Kier molecular flexibility index (Phi) is 6.18. The van der Waals surface area contributed by atoms with Crippen molar-refractivity contribution < 1.29 is 14.6 Å². The van der Waals surface area contributed by atoms with E-state index in [9.17, 15) is 9.90 Å². The standard InChI is InChI=1S/C19H23NO3/c1-3-20(13-18(21)17-11-9-15(2)10-12-17)19(22)23-14-16-7-5-4-6-8-16/h4-12,18,21H,3,13-14H2,1-2H3. The molecule has 4 nitrogen and oxygen atoms in total. The van der Waals surface area contributed by atoms with E-state index in [1.54, 1.807) is 0 Å². The summed E-state index contributed by atoms with van der Waals surface area (Å²) in [7, 11) is 0. The van der Waals surface area contributed by atoms with E-state index in [1.165, 1.54) is 4.90 Å². The van der Waals surface area contributed by atoms with E-state index in [1.807, 2.05) is 68.4 Å². The molecule has 2 aromatic carbocycles. The van der Waals surface area contributed by atoms with Gasteiger partial charge in [-0.15, -0.1) is 0 Å². The number of nitrogens with zero attached hydrogens (tertiary/aromatic N) is 1. The Labute approximate surface area is 137 Å². The van der Waals surface area contributed by atoms with Gasteiger partial charge >= 0.3 is 6.09 Å². The normalized spacial score (nSPS) is 11.8. The highest BCUT2D eigenvalue weighted by molar-refractivity contribution is 5.67. The molecular formula is C19H23NO3. The monoisotopic (exact) mass is 313 g/mol. The van der Waals surface area contributed by atoms with Crippen molar-refractivity contribution >= 4 is 6.09 Å². The summed E-state index contributed by atoms with van der Waals surface area (Å²) in [4.78, 5) is 13.7. The van der Waals surface area contributed by atoms with Crippen LogP contribution in [-0.4, -0.2) is 29.2 Å². The summed E-state index contributed by atoms with van der Waals surface area (Å²) < 4.78 is 5.31. The van der Waals surface area contributed by atoms with Gasteiger partial charge in [0.25, 0.3) is 0 Å². The van der Waals surface area contributed by atoms with Crippen LogP contribution in [-0.2, 0) is 11.3 Å². The highest BCUT2D eigenvalue weighted by Crippen LogP contribution is 2.16. The third-order valence-electron chi connectivity index (χ3n) is 3.70. The lowest BCUT2D eigenvalue weighted by atomic mass is 10.1. The Balaban J connectivity index is 1.90. The van der Waals surface area contributed by atoms with Crippen LogP contribution in [0.3, 0.4) is 0 Å². The molecule has 0 spiro atoms. The van der Waals surface area contributed by atoms with Crippen LogP contribution in [0.15, 0.2) is 54.6 Å². The quantitative estimate of drug-likeness (QED) is 0.885. The number of benzene rings is 2. The number of amides is 1. The van der Waals surface area contributed by atoms with Crippen molar-refractivity contribution in [3.8, 4) is 0 Å². The summed E-state index contributed by atoms with van der Waals surface area (Å²) in [6.07, 6.45) is -1.14. The molecule has 23 heavy (non-hydrogen) atoms. The summed E-state index contributed by atoms with van der Waals surface area (Å²) >= 11 is 0. The Morgan fingerprint density at radius 2 is 1.78 bits per heavy atom. The first-order valence-corrected chi connectivity index (χ1v) is 7.80. The summed E-state index contributed by atoms with van der Waals surface area (Å²) in [5.74, 6) is 0. The van der Waals surface area contributed by atoms with Gasteiger partial charge in [-0.3, -0.25) is 0 Å². The van der Waals surface area contributed by atoms with Crippen molar-refractivity contribution in [1.29, 1.82) is 0 Å². The molecule has 0 radical (unpaired) electrons. The van der Waals surface area contributed by atoms with E-state index >= 15 is 0 Å². The molecule has 0 saturated carbocycles. The van der Waals surface area contributed by atoms with Crippen LogP contribution in [0.25, 0.3) is 0 Å². The fourth-order valence-corrected chi connectivity index (χ4v) is 2.25. The lowest BCUT2D eigenvalue weighted by Gasteiger charge is -2.23. The Bertz CT molecular complexity index is 610. The second kappa shape index (κ2) is 8.34. The number of carbonyl (C=O) groups excluding carboxylic acids is 1. The van der Waals surface area contributed by atoms with Crippen LogP contribution in [0.2, 0.25) is 0 Å². The van der Waals surface area contributed by atoms with E-state index in [0.717, 1.165) is 16.7 Å². The summed E-state index contributed by atoms with van der Waals surface area (Å²) in [5, 5.41) is 10.3. The molecule has 2 rings (SSSR count). The molecule has 0 aliphatic carbocycles. The predicted octanol–water partition coefficient (Wildman–Crippen LogP) is 3.69. The number of aliphatic hydroxyl groups excluding tert-OH is 1. The van der Waals surface area contributed by atoms with Gasteiger partial charge in [0.15, 0.2) is 0 Å². The number of aliphatic hydroxyl groups is 1. The van der Waals surface area contributed by atoms with Crippen LogP contribution in [0, 0.1) is 6.92 Å². The van der Waals surface area contributed by atoms with Gasteiger partial charge in [0.1, 0.15) is 6.61 Å². The lowest BCUT2D eigenvalue weighted by Crippen LogP contribution is -2.35. The zero-order chi connectivity index (χ0) is 16.7. The molecule has 1 unspecified atom stereocenters. The van der Waals surface area contributed by atoms with Gasteiger partial charge < -0.3 is 14.7 Å². The molecule has 0 aliphatic rings. The minimum absolute atomic E-state index is 0.215. The SMILES string of the molecule is CCN(CC(O)c1ccc(C)cc1)C(=O)OCc1ccccc1. The number of ether oxygens (including phenoxy) is 1. The van der Waals surface area contributed by atoms with E-state index in [4.69, 9.17) is 4.74 Å². The van der Waals surface area contributed by atoms with Gasteiger partial charge in [0.05, 0.1) is 12.6 Å². The lowest BCUT2D eigenvalue weighted by molar-refractivity contribution is 0.0708. The van der Waals surface area contributed by atoms with Gasteiger partial charge in [-0.2, -0.15) is 0 Å². The van der Waals surface area contributed by atoms with Crippen LogP contribution in [0.1, 0.15) is 29.7 Å². The number of aryl methyl sites for hydroxylation is 1. The topological polar surface area (TPSA) is 49.8 Å². The largest absolute Gasteiger partial charge is 0.445 e. The first kappa shape index (κ1) is 17.0. The molecule has 1 N–H and O–H groups in total. The maximum absolute atomic E-state index is 12.2. The van der Waals surface area contributed by atoms with Gasteiger partial charge in [-0.05, 0) is 25.0 Å². The summed E-state index contributed by atoms with van der Waals surface area (Å²) in [6.45, 7) is 4.79. The maximum Gasteiger partial charge on any atom is 0.410 e. The fraction of sp³-hybridized carbons (Fsp3) is 0.316. The zero-order valence-electron chi connectivity index (χ0n) is 13.6. The van der Waals surface area contributed by atoms with Crippen molar-refractivity contribution in [2.75, 3.05) is 13.1 Å². The first-order chi connectivity index (χ1) is 11.1. The molecule has 2 aromatic rings. The van der Waals surface area contributed by atoms with Crippen LogP contribution in [0.5, 0.6) is 0 Å². The molecule has 0 bridgehead atoms. The molecule has 0 heterocycles. The fourth-order valence-electron chi connectivity index (χ4n) is 2.25. The second-order valence-electron chi connectivity index (χ2n) is 5.51. The molecule has 1 amide bonds. The van der Waals surface area contributed by atoms with E-state index < -0.39 is 12.2 Å². The first-order valence-electron chi connectivity index (χ1n) is 7.80. The van der Waals surface area contributed by atoms with Crippen LogP contribution >= 0.6 is 0 Å². The Morgan fingerprint density at radius 1 is 1.13 bits per heavy atom. The maximum atomic E-state index is 12.2. The molecule has 0 saturated heterocycles. The average Bonchev–Trinajstić information content (AvgIpc) is 2.59. The molecule has 0 aliphatic heterocycles. The van der Waals surface area contributed by atoms with Crippen molar-refractivity contribution in [2.24, 2.45) is 0 Å². The number of likely N-dealkylation sites (N-methyl/N-ethyl adjacent to an activating group) is 1. The van der Waals surface area contributed by atoms with Gasteiger partial charge in [-0.25, -0.2) is 4.79 Å². The molecule has 4 heteroatoms. The highest BCUT2D eigenvalue weighted by Gasteiger charge is 2.18. The van der Waals surface area contributed by atoms with Crippen molar-refractivity contribution in [3.05, 3.63) is 71.3 Å². The number of rotatable bonds is 6. The predicted molar refractivity (Wildman–Crippen MR) is 90.0 cm³/mol. The van der Waals surface area contributed by atoms with Crippen molar-refractivity contribution in [2.45, 2.75) is 26.6 Å². The summed E-state index contributed by atoms with van der Waals surface area (Å²) in [5.41, 5.74) is 2.87. The molecule has 1 atom stereocenters. The smallest absolute Gasteiger partial charge is 0.410 e. The van der Waals surface area contributed by atoms with Crippen molar-refractivity contribution in [3.63, 3.8) is 0 Å². The van der Waals surface area contributed by atoms with Gasteiger partial charge in [0, 0.05) is 6.54 Å². The third-order valence-corrected chi connectivity index (χ3v) is 3.70. The zero-order valence-corrected chi connectivity index (χ0v) is 13.6. The van der Waals surface area contributed by atoms with E-state index in [2.05, 4.69) is 0 Å². The van der Waals surface area contributed by atoms with E-state index in [-0.39, 0.29) is 13.2 Å². The van der Waals surface area contributed by atoms with E-state index in [0.29, 0.717) is 6.54 Å². The van der Waals surface area contributed by atoms with Crippen molar-refractivity contribution in [1.82, 2.24) is 4.90 Å². The second-order valence-corrected chi connectivity index (χ2v) is 5.51. The van der Waals surface area contributed by atoms with Crippen LogP contribution in [0.4, 0.5) is 4.79 Å². The molecule has 0 aromatic heterocycles. The highest BCUT2D eigenvalue weighted by atomic mass is 16.6.